The first-order chi connectivity index (χ1) is 11.7. The van der Waals surface area contributed by atoms with Crippen molar-refractivity contribution in [3.05, 3.63) is 34.3 Å². The Bertz CT molecular complexity index is 678. The molecule has 5 nitrogen and oxygen atoms in total. The third kappa shape index (κ3) is 4.04. The molecular formula is C18H26N4OS. The van der Waals surface area contributed by atoms with E-state index in [4.69, 9.17) is 0 Å². The van der Waals surface area contributed by atoms with Crippen LogP contribution in [0.25, 0.3) is 0 Å². The van der Waals surface area contributed by atoms with E-state index in [1.165, 1.54) is 12.8 Å². The van der Waals surface area contributed by atoms with Crippen molar-refractivity contribution in [1.82, 2.24) is 19.4 Å². The van der Waals surface area contributed by atoms with Crippen molar-refractivity contribution < 1.29 is 4.79 Å². The van der Waals surface area contributed by atoms with Crippen LogP contribution >= 0.6 is 11.3 Å². The number of imidazole rings is 1. The fraction of sp³-hybridized carbons (Fsp3) is 0.611. The Morgan fingerprint density at radius 1 is 1.46 bits per heavy atom. The Balaban J connectivity index is 1.63. The van der Waals surface area contributed by atoms with Crippen molar-refractivity contribution in [1.29, 1.82) is 0 Å². The Labute approximate surface area is 147 Å². The molecule has 1 saturated heterocycles. The van der Waals surface area contributed by atoms with E-state index in [1.807, 2.05) is 23.4 Å². The van der Waals surface area contributed by atoms with E-state index in [2.05, 4.69) is 27.7 Å². The summed E-state index contributed by atoms with van der Waals surface area (Å²) < 4.78 is 2.27. The van der Waals surface area contributed by atoms with Crippen LogP contribution in [-0.4, -0.2) is 38.4 Å². The number of hydrogen-bond donors (Lipinski definition) is 0. The molecule has 0 aliphatic carbocycles. The molecule has 3 rings (SSSR count). The fourth-order valence-corrected chi connectivity index (χ4v) is 3.98. The zero-order valence-corrected chi connectivity index (χ0v) is 15.4. The van der Waals surface area contributed by atoms with Crippen molar-refractivity contribution in [3.63, 3.8) is 0 Å². The van der Waals surface area contributed by atoms with Crippen LogP contribution in [0.1, 0.15) is 55.1 Å². The molecule has 0 aromatic carbocycles. The van der Waals surface area contributed by atoms with Gasteiger partial charge in [-0.25, -0.2) is 9.97 Å². The van der Waals surface area contributed by atoms with Crippen LogP contribution in [0, 0.1) is 6.92 Å². The summed E-state index contributed by atoms with van der Waals surface area (Å²) in [5.74, 6) is 1.69. The number of carbonyl (C=O) groups is 1. The lowest BCUT2D eigenvalue weighted by atomic mass is 9.96. The second-order valence-electron chi connectivity index (χ2n) is 6.55. The van der Waals surface area contributed by atoms with Crippen molar-refractivity contribution >= 4 is 17.2 Å². The lowest BCUT2D eigenvalue weighted by Crippen LogP contribution is -2.40. The summed E-state index contributed by atoms with van der Waals surface area (Å²) in [6.45, 7) is 6.84. The van der Waals surface area contributed by atoms with Crippen LogP contribution in [0.15, 0.2) is 17.8 Å². The van der Waals surface area contributed by atoms with Gasteiger partial charge in [0.25, 0.3) is 0 Å². The van der Waals surface area contributed by atoms with Gasteiger partial charge in [0.2, 0.25) is 5.91 Å². The van der Waals surface area contributed by atoms with Gasteiger partial charge in [0, 0.05) is 43.3 Å². The number of rotatable bonds is 6. The van der Waals surface area contributed by atoms with Crippen molar-refractivity contribution in [2.24, 2.45) is 0 Å². The molecule has 0 bridgehead atoms. The van der Waals surface area contributed by atoms with Gasteiger partial charge in [-0.3, -0.25) is 4.79 Å². The van der Waals surface area contributed by atoms with Crippen LogP contribution in [0.3, 0.4) is 0 Å². The first kappa shape index (κ1) is 17.1. The van der Waals surface area contributed by atoms with Crippen molar-refractivity contribution in [2.45, 2.75) is 58.4 Å². The largest absolute Gasteiger partial charge is 0.342 e. The minimum atomic E-state index is 0.191. The summed E-state index contributed by atoms with van der Waals surface area (Å²) in [4.78, 5) is 23.6. The summed E-state index contributed by atoms with van der Waals surface area (Å²) in [5, 5.41) is 3.01. The average Bonchev–Trinajstić information content (AvgIpc) is 3.22. The molecule has 6 heteroatoms. The summed E-state index contributed by atoms with van der Waals surface area (Å²) in [5.41, 5.74) is 0.897. The standard InChI is InChI=1S/C18H26N4OS/c1-3-4-8-21-10-7-19-18(21)15-6-5-9-22(12-15)17(23)11-16-13-24-14(2)20-16/h7,10,13,15H,3-6,8-9,11-12H2,1-2H3. The maximum absolute atomic E-state index is 12.6. The van der Waals surface area contributed by atoms with E-state index in [0.29, 0.717) is 12.3 Å². The molecule has 3 heterocycles. The quantitative estimate of drug-likeness (QED) is 0.805. The molecule has 1 unspecified atom stereocenters. The summed E-state index contributed by atoms with van der Waals surface area (Å²) in [6.07, 6.45) is 8.90. The van der Waals surface area contributed by atoms with Gasteiger partial charge in [-0.05, 0) is 26.2 Å². The molecule has 1 fully saturated rings. The van der Waals surface area contributed by atoms with E-state index in [-0.39, 0.29) is 5.91 Å². The SMILES string of the molecule is CCCCn1ccnc1C1CCCN(C(=O)Cc2csc(C)n2)C1. The molecule has 0 spiro atoms. The number of aromatic nitrogens is 3. The normalized spacial score (nSPS) is 18.1. The topological polar surface area (TPSA) is 51.0 Å². The number of carbonyl (C=O) groups excluding carboxylic acids is 1. The number of likely N-dealkylation sites (tertiary alicyclic amines) is 1. The van der Waals surface area contributed by atoms with E-state index < -0.39 is 0 Å². The van der Waals surface area contributed by atoms with Crippen LogP contribution in [0.2, 0.25) is 0 Å². The van der Waals surface area contributed by atoms with E-state index in [1.54, 1.807) is 11.3 Å². The highest BCUT2D eigenvalue weighted by molar-refractivity contribution is 7.09. The number of piperidine rings is 1. The summed E-state index contributed by atoms with van der Waals surface area (Å²) in [6, 6.07) is 0. The lowest BCUT2D eigenvalue weighted by Gasteiger charge is -2.32. The van der Waals surface area contributed by atoms with Crippen LogP contribution in [0.4, 0.5) is 0 Å². The number of aryl methyl sites for hydroxylation is 2. The van der Waals surface area contributed by atoms with Crippen LogP contribution < -0.4 is 0 Å². The molecule has 130 valence electrons. The molecule has 0 saturated carbocycles. The van der Waals surface area contributed by atoms with Gasteiger partial charge >= 0.3 is 0 Å². The molecule has 24 heavy (non-hydrogen) atoms. The van der Waals surface area contributed by atoms with E-state index in [0.717, 1.165) is 49.0 Å². The smallest absolute Gasteiger partial charge is 0.228 e. The first-order valence-corrected chi connectivity index (χ1v) is 9.75. The van der Waals surface area contributed by atoms with Crippen molar-refractivity contribution in [2.75, 3.05) is 13.1 Å². The predicted octanol–water partition coefficient (Wildman–Crippen LogP) is 3.40. The third-order valence-electron chi connectivity index (χ3n) is 4.64. The van der Waals surface area contributed by atoms with Gasteiger partial charge in [0.1, 0.15) is 5.82 Å². The second kappa shape index (κ2) is 7.92. The molecule has 2 aromatic rings. The Morgan fingerprint density at radius 2 is 2.33 bits per heavy atom. The van der Waals surface area contributed by atoms with E-state index >= 15 is 0 Å². The molecule has 1 amide bonds. The van der Waals surface area contributed by atoms with Gasteiger partial charge in [-0.15, -0.1) is 11.3 Å². The molecule has 0 N–H and O–H groups in total. The number of thiazole rings is 1. The average molecular weight is 346 g/mol. The van der Waals surface area contributed by atoms with E-state index in [9.17, 15) is 4.79 Å². The monoisotopic (exact) mass is 346 g/mol. The maximum atomic E-state index is 12.6. The molecule has 2 aromatic heterocycles. The maximum Gasteiger partial charge on any atom is 0.228 e. The third-order valence-corrected chi connectivity index (χ3v) is 5.46. The Kier molecular flexibility index (Phi) is 5.66. The number of hydrogen-bond acceptors (Lipinski definition) is 4. The van der Waals surface area contributed by atoms with Gasteiger partial charge in [0.15, 0.2) is 0 Å². The Morgan fingerprint density at radius 3 is 3.08 bits per heavy atom. The highest BCUT2D eigenvalue weighted by Crippen LogP contribution is 2.26. The lowest BCUT2D eigenvalue weighted by molar-refractivity contribution is -0.131. The fourth-order valence-electron chi connectivity index (χ4n) is 3.37. The van der Waals surface area contributed by atoms with Gasteiger partial charge in [-0.2, -0.15) is 0 Å². The molecular weight excluding hydrogens is 320 g/mol. The molecule has 1 aliphatic heterocycles. The minimum absolute atomic E-state index is 0.191. The zero-order valence-electron chi connectivity index (χ0n) is 14.6. The van der Waals surface area contributed by atoms with Gasteiger partial charge < -0.3 is 9.47 Å². The number of nitrogens with zero attached hydrogens (tertiary/aromatic N) is 4. The Hall–Kier alpha value is -1.69. The number of unbranched alkanes of at least 4 members (excludes halogenated alkanes) is 1. The number of amides is 1. The highest BCUT2D eigenvalue weighted by atomic mass is 32.1. The summed E-state index contributed by atoms with van der Waals surface area (Å²) in [7, 11) is 0. The van der Waals surface area contributed by atoms with Gasteiger partial charge in [-0.1, -0.05) is 13.3 Å². The highest BCUT2D eigenvalue weighted by Gasteiger charge is 2.27. The molecule has 0 radical (unpaired) electrons. The van der Waals surface area contributed by atoms with Gasteiger partial charge in [0.05, 0.1) is 17.1 Å². The molecule has 1 aliphatic rings. The second-order valence-corrected chi connectivity index (χ2v) is 7.61. The van der Waals surface area contributed by atoms with Crippen LogP contribution in [0.5, 0.6) is 0 Å². The molecule has 1 atom stereocenters. The van der Waals surface area contributed by atoms with Crippen molar-refractivity contribution in [3.8, 4) is 0 Å². The summed E-state index contributed by atoms with van der Waals surface area (Å²) >= 11 is 1.61. The predicted molar refractivity (Wildman–Crippen MR) is 96.2 cm³/mol. The van der Waals surface area contributed by atoms with Crippen LogP contribution in [-0.2, 0) is 17.8 Å². The minimum Gasteiger partial charge on any atom is -0.342 e. The zero-order chi connectivity index (χ0) is 16.9. The first-order valence-electron chi connectivity index (χ1n) is 8.87.